The van der Waals surface area contributed by atoms with Gasteiger partial charge < -0.3 is 11.1 Å². The minimum atomic E-state index is 0.0914. The highest BCUT2D eigenvalue weighted by atomic mass is 15.1. The third-order valence-electron chi connectivity index (χ3n) is 2.84. The number of nitrogens with one attached hydrogen (secondary N) is 2. The maximum absolute atomic E-state index is 7.19. The van der Waals surface area contributed by atoms with Crippen LogP contribution in [0.5, 0.6) is 0 Å². The third kappa shape index (κ3) is 3.25. The number of hydrogen-bond donors (Lipinski definition) is 3. The van der Waals surface area contributed by atoms with Crippen molar-refractivity contribution in [3.8, 4) is 0 Å². The summed E-state index contributed by atoms with van der Waals surface area (Å²) in [5.41, 5.74) is 5.33. The van der Waals surface area contributed by atoms with E-state index in [9.17, 15) is 0 Å². The lowest BCUT2D eigenvalue weighted by Gasteiger charge is -2.30. The highest BCUT2D eigenvalue weighted by Crippen LogP contribution is 2.27. The van der Waals surface area contributed by atoms with E-state index in [0.717, 1.165) is 0 Å². The van der Waals surface area contributed by atoms with Crippen LogP contribution in [0.4, 0.5) is 0 Å². The van der Waals surface area contributed by atoms with E-state index in [-0.39, 0.29) is 5.96 Å². The SMILES string of the molecule is C[CH]C(NC(=N)N)C1CCCCC1. The molecule has 0 spiro atoms. The monoisotopic (exact) mass is 182 g/mol. The molecule has 1 fully saturated rings. The van der Waals surface area contributed by atoms with Crippen molar-refractivity contribution in [1.29, 1.82) is 5.41 Å². The topological polar surface area (TPSA) is 61.9 Å². The van der Waals surface area contributed by atoms with Crippen LogP contribution in [0.3, 0.4) is 0 Å². The van der Waals surface area contributed by atoms with Gasteiger partial charge in [-0.1, -0.05) is 26.2 Å². The van der Waals surface area contributed by atoms with Crippen molar-refractivity contribution in [2.24, 2.45) is 11.7 Å². The van der Waals surface area contributed by atoms with Crippen LogP contribution in [-0.2, 0) is 0 Å². The molecular formula is C10H20N3. The van der Waals surface area contributed by atoms with E-state index in [1.54, 1.807) is 0 Å². The molecule has 1 aliphatic rings. The van der Waals surface area contributed by atoms with Crippen LogP contribution in [0.1, 0.15) is 39.0 Å². The van der Waals surface area contributed by atoms with Crippen LogP contribution in [-0.4, -0.2) is 12.0 Å². The molecule has 1 aliphatic carbocycles. The maximum Gasteiger partial charge on any atom is 0.185 e. The molecule has 1 radical (unpaired) electrons. The van der Waals surface area contributed by atoms with Gasteiger partial charge in [-0.2, -0.15) is 0 Å². The number of guanidine groups is 1. The Kier molecular flexibility index (Phi) is 4.06. The quantitative estimate of drug-likeness (QED) is 0.459. The van der Waals surface area contributed by atoms with E-state index in [0.29, 0.717) is 12.0 Å². The van der Waals surface area contributed by atoms with Gasteiger partial charge in [0.25, 0.3) is 0 Å². The smallest absolute Gasteiger partial charge is 0.185 e. The molecule has 1 unspecified atom stereocenters. The first-order valence-corrected chi connectivity index (χ1v) is 5.14. The molecule has 1 atom stereocenters. The molecule has 0 heterocycles. The Labute approximate surface area is 80.6 Å². The normalized spacial score (nSPS) is 21.0. The van der Waals surface area contributed by atoms with Crippen LogP contribution in [0.2, 0.25) is 0 Å². The highest BCUT2D eigenvalue weighted by molar-refractivity contribution is 5.74. The predicted octanol–water partition coefficient (Wildman–Crippen LogP) is 1.64. The van der Waals surface area contributed by atoms with Crippen LogP contribution >= 0.6 is 0 Å². The van der Waals surface area contributed by atoms with Crippen LogP contribution < -0.4 is 11.1 Å². The molecule has 1 rings (SSSR count). The fourth-order valence-electron chi connectivity index (χ4n) is 2.15. The Morgan fingerprint density at radius 1 is 1.46 bits per heavy atom. The molecule has 0 aliphatic heterocycles. The van der Waals surface area contributed by atoms with Crippen molar-refractivity contribution >= 4 is 5.96 Å². The molecule has 4 N–H and O–H groups in total. The first-order chi connectivity index (χ1) is 6.24. The second kappa shape index (κ2) is 5.10. The van der Waals surface area contributed by atoms with Gasteiger partial charge in [0, 0.05) is 6.04 Å². The zero-order valence-electron chi connectivity index (χ0n) is 8.34. The molecule has 75 valence electrons. The third-order valence-corrected chi connectivity index (χ3v) is 2.84. The molecule has 0 amide bonds. The van der Waals surface area contributed by atoms with E-state index >= 15 is 0 Å². The summed E-state index contributed by atoms with van der Waals surface area (Å²) in [6.07, 6.45) is 8.69. The van der Waals surface area contributed by atoms with E-state index in [1.807, 2.05) is 6.92 Å². The average molecular weight is 182 g/mol. The number of rotatable bonds is 3. The standard InChI is InChI=1S/C10H20N3/c1-2-9(13-10(11)12)8-6-4-3-5-7-8/h2,8-9H,3-7H2,1H3,(H4,11,12,13). The number of hydrogen-bond acceptors (Lipinski definition) is 1. The largest absolute Gasteiger partial charge is 0.370 e. The van der Waals surface area contributed by atoms with Crippen molar-refractivity contribution in [2.45, 2.75) is 45.1 Å². The van der Waals surface area contributed by atoms with Crippen molar-refractivity contribution < 1.29 is 0 Å². The molecule has 1 saturated carbocycles. The summed E-state index contributed by atoms with van der Waals surface area (Å²) in [7, 11) is 0. The van der Waals surface area contributed by atoms with Crippen molar-refractivity contribution in [3.63, 3.8) is 0 Å². The summed E-state index contributed by atoms with van der Waals surface area (Å²) >= 11 is 0. The maximum atomic E-state index is 7.19. The minimum Gasteiger partial charge on any atom is -0.370 e. The Morgan fingerprint density at radius 3 is 2.54 bits per heavy atom. The Morgan fingerprint density at radius 2 is 2.08 bits per heavy atom. The summed E-state index contributed by atoms with van der Waals surface area (Å²) in [6.45, 7) is 2.04. The second-order valence-corrected chi connectivity index (χ2v) is 3.82. The summed E-state index contributed by atoms with van der Waals surface area (Å²) in [6, 6.07) is 0.304. The molecule has 3 heteroatoms. The summed E-state index contributed by atoms with van der Waals surface area (Å²) < 4.78 is 0. The molecule has 0 aromatic heterocycles. The second-order valence-electron chi connectivity index (χ2n) is 3.82. The Hall–Kier alpha value is -0.730. The average Bonchev–Trinajstić information content (AvgIpc) is 2.15. The van der Waals surface area contributed by atoms with E-state index in [4.69, 9.17) is 11.1 Å². The lowest BCUT2D eigenvalue weighted by atomic mass is 9.83. The molecule has 3 nitrogen and oxygen atoms in total. The summed E-state index contributed by atoms with van der Waals surface area (Å²) in [5, 5.41) is 10.2. The van der Waals surface area contributed by atoms with Crippen LogP contribution in [0.15, 0.2) is 0 Å². The van der Waals surface area contributed by atoms with Crippen LogP contribution in [0.25, 0.3) is 0 Å². The highest BCUT2D eigenvalue weighted by Gasteiger charge is 2.22. The Bertz CT molecular complexity index is 162. The van der Waals surface area contributed by atoms with Crippen molar-refractivity contribution in [1.82, 2.24) is 5.32 Å². The van der Waals surface area contributed by atoms with Crippen LogP contribution in [0, 0.1) is 17.7 Å². The van der Waals surface area contributed by atoms with Gasteiger partial charge in [-0.15, -0.1) is 0 Å². The van der Waals surface area contributed by atoms with Crippen molar-refractivity contribution in [3.05, 3.63) is 6.42 Å². The molecule has 0 aromatic rings. The lowest BCUT2D eigenvalue weighted by molar-refractivity contribution is 0.308. The fraction of sp³-hybridized carbons (Fsp3) is 0.800. The van der Waals surface area contributed by atoms with E-state index in [2.05, 4.69) is 11.7 Å². The van der Waals surface area contributed by atoms with Gasteiger partial charge in [-0.3, -0.25) is 5.41 Å². The predicted molar refractivity (Wildman–Crippen MR) is 55.4 cm³/mol. The first kappa shape index (κ1) is 10.4. The van der Waals surface area contributed by atoms with Gasteiger partial charge >= 0.3 is 0 Å². The first-order valence-electron chi connectivity index (χ1n) is 5.14. The fourth-order valence-corrected chi connectivity index (χ4v) is 2.15. The zero-order valence-corrected chi connectivity index (χ0v) is 8.34. The van der Waals surface area contributed by atoms with E-state index in [1.165, 1.54) is 32.1 Å². The van der Waals surface area contributed by atoms with E-state index < -0.39 is 0 Å². The summed E-state index contributed by atoms with van der Waals surface area (Å²) in [5.74, 6) is 0.774. The van der Waals surface area contributed by atoms with Gasteiger partial charge in [-0.05, 0) is 25.2 Å². The Balaban J connectivity index is 2.39. The van der Waals surface area contributed by atoms with Gasteiger partial charge in [0.05, 0.1) is 0 Å². The minimum absolute atomic E-state index is 0.0914. The lowest BCUT2D eigenvalue weighted by Crippen LogP contribution is -2.44. The molecule has 0 saturated heterocycles. The molecule has 13 heavy (non-hydrogen) atoms. The summed E-state index contributed by atoms with van der Waals surface area (Å²) in [4.78, 5) is 0. The molecule has 0 aromatic carbocycles. The van der Waals surface area contributed by atoms with Gasteiger partial charge in [0.15, 0.2) is 5.96 Å². The van der Waals surface area contributed by atoms with Crippen molar-refractivity contribution in [2.75, 3.05) is 0 Å². The molecular weight excluding hydrogens is 162 g/mol. The van der Waals surface area contributed by atoms with Gasteiger partial charge in [-0.25, -0.2) is 0 Å². The number of nitrogens with two attached hydrogens (primary N) is 1. The van der Waals surface area contributed by atoms with Gasteiger partial charge in [0.1, 0.15) is 0 Å². The molecule has 0 bridgehead atoms. The zero-order chi connectivity index (χ0) is 9.68. The van der Waals surface area contributed by atoms with Gasteiger partial charge in [0.2, 0.25) is 0 Å².